The minimum Gasteiger partial charge on any atom is -1.00 e. The molecule has 0 fully saturated rings. The van der Waals surface area contributed by atoms with Gasteiger partial charge in [0.25, 0.3) is 0 Å². The van der Waals surface area contributed by atoms with Gasteiger partial charge in [-0.3, -0.25) is 0 Å². The Hall–Kier alpha value is -2.41. The fourth-order valence-electron chi connectivity index (χ4n) is 6.39. The molecule has 0 bridgehead atoms. The second-order valence-electron chi connectivity index (χ2n) is 12.2. The Morgan fingerprint density at radius 2 is 0.795 bits per heavy atom. The summed E-state index contributed by atoms with van der Waals surface area (Å²) in [6.45, 7) is 6.96. The van der Waals surface area contributed by atoms with Crippen molar-refractivity contribution in [2.45, 2.75) is 97.1 Å². The van der Waals surface area contributed by atoms with Crippen LogP contribution in [0.15, 0.2) is 115 Å². The van der Waals surface area contributed by atoms with E-state index in [1.54, 1.807) is 0 Å². The molecular weight excluding hydrogens is 617 g/mol. The molecule has 0 aliphatic carbocycles. The van der Waals surface area contributed by atoms with Gasteiger partial charge in [0.15, 0.2) is 0 Å². The largest absolute Gasteiger partial charge is 1.00 e. The molecule has 0 N–H and O–H groups in total. The van der Waals surface area contributed by atoms with E-state index in [9.17, 15) is 0 Å². The smallest absolute Gasteiger partial charge is 0.116 e. The summed E-state index contributed by atoms with van der Waals surface area (Å²) in [5, 5.41) is 4.35. The number of nitrogens with zero attached hydrogens (tertiary/aromatic N) is 1. The zero-order chi connectivity index (χ0) is 30.0. The van der Waals surface area contributed by atoms with E-state index in [4.69, 9.17) is 0 Å². The van der Waals surface area contributed by atoms with Crippen molar-refractivity contribution in [2.75, 3.05) is 18.0 Å². The van der Waals surface area contributed by atoms with Gasteiger partial charge < -0.3 is 21.9 Å². The van der Waals surface area contributed by atoms with Gasteiger partial charge in [-0.1, -0.05) is 145 Å². The second-order valence-corrected chi connectivity index (χ2v) is 15.6. The zero-order valence-electron chi connectivity index (χ0n) is 27.3. The molecule has 0 aliphatic rings. The van der Waals surface area contributed by atoms with E-state index in [2.05, 4.69) is 134 Å². The van der Waals surface area contributed by atoms with Gasteiger partial charge in [-0.2, -0.15) is 0 Å². The molecule has 44 heavy (non-hydrogen) atoms. The molecule has 0 atom stereocenters. The summed E-state index contributed by atoms with van der Waals surface area (Å²) < 4.78 is 0. The number of unbranched alkanes of at least 4 members (excludes halogenated alkanes) is 10. The number of hydrogen-bond donors (Lipinski definition) is 0. The minimum absolute atomic E-state index is 0. The highest BCUT2D eigenvalue weighted by Gasteiger charge is 2.45. The first-order valence-corrected chi connectivity index (χ1v) is 19.1. The predicted octanol–water partition coefficient (Wildman–Crippen LogP) is 7.71. The molecule has 3 heteroatoms. The maximum Gasteiger partial charge on any atom is 0.116 e. The summed E-state index contributed by atoms with van der Waals surface area (Å²) in [5.41, 5.74) is 2.82. The van der Waals surface area contributed by atoms with Gasteiger partial charge in [0.1, 0.15) is 23.2 Å². The zero-order valence-corrected chi connectivity index (χ0v) is 29.8. The average molecular weight is 673 g/mol. The van der Waals surface area contributed by atoms with E-state index >= 15 is 0 Å². The molecule has 4 aromatic carbocycles. The monoisotopic (exact) mass is 671 g/mol. The van der Waals surface area contributed by atoms with Gasteiger partial charge in [0.2, 0.25) is 0 Å². The SMILES string of the molecule is CCCCCCCCN(CCCCCCCC)c1ccc(C[P+](c2ccccc2)(c2ccccc2)c2ccccc2)cc1.[Br-]. The number of anilines is 1. The summed E-state index contributed by atoms with van der Waals surface area (Å²) in [5.74, 6) is 0. The Labute approximate surface area is 280 Å². The molecule has 0 saturated heterocycles. The maximum atomic E-state index is 2.68. The average Bonchev–Trinajstić information content (AvgIpc) is 3.07. The molecule has 0 spiro atoms. The van der Waals surface area contributed by atoms with Crippen LogP contribution in [0.25, 0.3) is 0 Å². The highest BCUT2D eigenvalue weighted by Crippen LogP contribution is 2.58. The first-order chi connectivity index (χ1) is 21.3. The lowest BCUT2D eigenvalue weighted by Gasteiger charge is -2.28. The first-order valence-electron chi connectivity index (χ1n) is 17.2. The van der Waals surface area contributed by atoms with Crippen molar-refractivity contribution in [3.63, 3.8) is 0 Å². The van der Waals surface area contributed by atoms with Crippen LogP contribution < -0.4 is 37.8 Å². The molecule has 0 radical (unpaired) electrons. The topological polar surface area (TPSA) is 3.24 Å². The van der Waals surface area contributed by atoms with Crippen molar-refractivity contribution >= 4 is 28.9 Å². The lowest BCUT2D eigenvalue weighted by atomic mass is 10.1. The van der Waals surface area contributed by atoms with E-state index in [0.29, 0.717) is 0 Å². The van der Waals surface area contributed by atoms with Crippen molar-refractivity contribution < 1.29 is 17.0 Å². The summed E-state index contributed by atoms with van der Waals surface area (Å²) >= 11 is 0. The third-order valence-electron chi connectivity index (χ3n) is 8.88. The van der Waals surface area contributed by atoms with Crippen LogP contribution in [0.4, 0.5) is 5.69 Å². The molecule has 4 aromatic rings. The molecule has 236 valence electrons. The summed E-state index contributed by atoms with van der Waals surface area (Å²) in [7, 11) is -1.89. The maximum absolute atomic E-state index is 2.68. The standard InChI is InChI=1S/C41H55NP.BrH/c1-3-5-7-9-11-22-34-42(35-23-12-10-8-6-4-2)38-32-30-37(31-33-38)36-43(39-24-16-13-17-25-39,40-26-18-14-19-27-40)41-28-20-15-21-29-41;/h13-21,24-33H,3-12,22-23,34-36H2,1-2H3;1H/q+1;/p-1. The minimum atomic E-state index is -1.89. The molecule has 0 saturated carbocycles. The van der Waals surface area contributed by atoms with E-state index < -0.39 is 7.26 Å². The van der Waals surface area contributed by atoms with Gasteiger partial charge in [0, 0.05) is 18.8 Å². The normalized spacial score (nSPS) is 11.2. The van der Waals surface area contributed by atoms with Crippen LogP contribution in [0, 0.1) is 0 Å². The molecule has 0 unspecified atom stereocenters. The number of rotatable bonds is 20. The third kappa shape index (κ3) is 10.6. The lowest BCUT2D eigenvalue weighted by Crippen LogP contribution is -3.00. The fraction of sp³-hybridized carbons (Fsp3) is 0.415. The van der Waals surface area contributed by atoms with E-state index in [0.717, 1.165) is 6.16 Å². The summed E-state index contributed by atoms with van der Waals surface area (Å²) in [6.07, 6.45) is 17.2. The molecule has 0 aromatic heterocycles. The Morgan fingerprint density at radius 3 is 1.18 bits per heavy atom. The van der Waals surface area contributed by atoms with Gasteiger partial charge >= 0.3 is 0 Å². The van der Waals surface area contributed by atoms with Gasteiger partial charge in [0.05, 0.1) is 6.16 Å². The van der Waals surface area contributed by atoms with E-state index in [-0.39, 0.29) is 17.0 Å². The van der Waals surface area contributed by atoms with E-state index in [1.807, 2.05) is 0 Å². The van der Waals surface area contributed by atoms with E-state index in [1.165, 1.54) is 117 Å². The van der Waals surface area contributed by atoms with Gasteiger partial charge in [-0.15, -0.1) is 0 Å². The summed E-state index contributed by atoms with van der Waals surface area (Å²) in [4.78, 5) is 2.68. The highest BCUT2D eigenvalue weighted by molar-refractivity contribution is 7.95. The number of benzene rings is 4. The number of halogens is 1. The molecule has 0 amide bonds. The predicted molar refractivity (Wildman–Crippen MR) is 194 cm³/mol. The molecule has 0 aliphatic heterocycles. The fourth-order valence-corrected chi connectivity index (χ4v) is 10.6. The Balaban J connectivity index is 0.00000529. The van der Waals surface area contributed by atoms with Crippen molar-refractivity contribution in [2.24, 2.45) is 0 Å². The van der Waals surface area contributed by atoms with Crippen LogP contribution in [0.1, 0.15) is 96.5 Å². The Morgan fingerprint density at radius 1 is 0.432 bits per heavy atom. The van der Waals surface area contributed by atoms with Crippen molar-refractivity contribution in [3.05, 3.63) is 121 Å². The third-order valence-corrected chi connectivity index (χ3v) is 13.3. The van der Waals surface area contributed by atoms with Gasteiger partial charge in [-0.25, -0.2) is 0 Å². The van der Waals surface area contributed by atoms with Crippen molar-refractivity contribution in [1.29, 1.82) is 0 Å². The molecule has 4 rings (SSSR count). The van der Waals surface area contributed by atoms with Crippen LogP contribution in [0.5, 0.6) is 0 Å². The van der Waals surface area contributed by atoms with Crippen molar-refractivity contribution in [1.82, 2.24) is 0 Å². The van der Waals surface area contributed by atoms with Gasteiger partial charge in [-0.05, 0) is 66.9 Å². The van der Waals surface area contributed by atoms with Crippen molar-refractivity contribution in [3.8, 4) is 0 Å². The Bertz CT molecular complexity index is 1150. The van der Waals surface area contributed by atoms with Crippen LogP contribution in [-0.2, 0) is 6.16 Å². The highest BCUT2D eigenvalue weighted by atomic mass is 79.9. The second kappa shape index (κ2) is 20.6. The van der Waals surface area contributed by atoms with Crippen LogP contribution in [-0.4, -0.2) is 13.1 Å². The van der Waals surface area contributed by atoms with Crippen LogP contribution in [0.2, 0.25) is 0 Å². The first kappa shape index (κ1) is 36.1. The lowest BCUT2D eigenvalue weighted by molar-refractivity contribution is -0.00000879. The molecule has 0 heterocycles. The number of hydrogen-bond acceptors (Lipinski definition) is 1. The van der Waals surface area contributed by atoms with Crippen LogP contribution >= 0.6 is 7.26 Å². The van der Waals surface area contributed by atoms with Crippen LogP contribution in [0.3, 0.4) is 0 Å². The molecular formula is C41H55BrNP. The Kier molecular flexibility index (Phi) is 16.9. The summed E-state index contributed by atoms with van der Waals surface area (Å²) in [6, 6.07) is 43.5. The quantitative estimate of drug-likeness (QED) is 0.0687. The molecule has 1 nitrogen and oxygen atoms in total.